The molecule has 1 aliphatic rings. The van der Waals surface area contributed by atoms with Crippen LogP contribution in [-0.2, 0) is 21.1 Å². The van der Waals surface area contributed by atoms with E-state index in [0.29, 0.717) is 6.54 Å². The van der Waals surface area contributed by atoms with Crippen LogP contribution in [0.2, 0.25) is 0 Å². The number of hydrogen-bond acceptors (Lipinski definition) is 4. The minimum absolute atomic E-state index is 0.0256. The lowest BCUT2D eigenvalue weighted by Gasteiger charge is -2.35. The highest BCUT2D eigenvalue weighted by Crippen LogP contribution is 2.19. The first-order chi connectivity index (χ1) is 10.3. The van der Waals surface area contributed by atoms with Crippen molar-refractivity contribution in [3.05, 3.63) is 18.0 Å². The summed E-state index contributed by atoms with van der Waals surface area (Å²) in [6, 6.07) is 1.92. The van der Waals surface area contributed by atoms with Crippen LogP contribution >= 0.6 is 0 Å². The Bertz CT molecular complexity index is 622. The van der Waals surface area contributed by atoms with Crippen molar-refractivity contribution >= 4 is 15.7 Å². The van der Waals surface area contributed by atoms with Crippen LogP contribution in [0.4, 0.5) is 0 Å². The number of hydrogen-bond donors (Lipinski definition) is 0. The molecular formula is C15H25N3O3S. The van der Waals surface area contributed by atoms with Gasteiger partial charge in [-0.25, -0.2) is 8.42 Å². The van der Waals surface area contributed by atoms with E-state index in [-0.39, 0.29) is 30.2 Å². The van der Waals surface area contributed by atoms with Crippen molar-refractivity contribution < 1.29 is 13.2 Å². The highest BCUT2D eigenvalue weighted by Gasteiger charge is 2.29. The van der Waals surface area contributed by atoms with E-state index in [0.717, 1.165) is 25.0 Å². The molecule has 1 aliphatic heterocycles. The molecule has 1 unspecified atom stereocenters. The number of sulfone groups is 1. The molecule has 22 heavy (non-hydrogen) atoms. The van der Waals surface area contributed by atoms with Crippen LogP contribution in [0.25, 0.3) is 0 Å². The molecule has 0 spiro atoms. The van der Waals surface area contributed by atoms with E-state index in [1.165, 1.54) is 6.26 Å². The van der Waals surface area contributed by atoms with Crippen molar-refractivity contribution in [3.8, 4) is 0 Å². The topological polar surface area (TPSA) is 72.3 Å². The number of carbonyl (C=O) groups is 1. The Morgan fingerprint density at radius 3 is 2.73 bits per heavy atom. The van der Waals surface area contributed by atoms with Crippen molar-refractivity contribution in [1.29, 1.82) is 0 Å². The zero-order chi connectivity index (χ0) is 16.3. The SMILES string of the molecule is CC(C)n1ccc(CC(=O)N2CCCCC2CS(C)(=O)=O)n1. The lowest BCUT2D eigenvalue weighted by molar-refractivity contribution is -0.133. The predicted molar refractivity (Wildman–Crippen MR) is 85.4 cm³/mol. The van der Waals surface area contributed by atoms with Crippen molar-refractivity contribution in [1.82, 2.24) is 14.7 Å². The molecule has 2 rings (SSSR count). The predicted octanol–water partition coefficient (Wildman–Crippen LogP) is 1.43. The molecule has 1 saturated heterocycles. The molecule has 1 amide bonds. The fraction of sp³-hybridized carbons (Fsp3) is 0.733. The van der Waals surface area contributed by atoms with Crippen LogP contribution in [0.5, 0.6) is 0 Å². The summed E-state index contributed by atoms with van der Waals surface area (Å²) >= 11 is 0. The molecule has 1 aromatic rings. The second kappa shape index (κ2) is 6.81. The van der Waals surface area contributed by atoms with Gasteiger partial charge in [0, 0.05) is 31.1 Å². The normalized spacial score (nSPS) is 19.6. The van der Waals surface area contributed by atoms with Gasteiger partial charge in [0.05, 0.1) is 17.9 Å². The van der Waals surface area contributed by atoms with Gasteiger partial charge in [-0.3, -0.25) is 9.48 Å². The first-order valence-electron chi connectivity index (χ1n) is 7.77. The van der Waals surface area contributed by atoms with Crippen LogP contribution in [0.3, 0.4) is 0 Å². The molecule has 0 aromatic carbocycles. The van der Waals surface area contributed by atoms with E-state index in [9.17, 15) is 13.2 Å². The van der Waals surface area contributed by atoms with Crippen molar-refractivity contribution in [2.24, 2.45) is 0 Å². The van der Waals surface area contributed by atoms with Gasteiger partial charge in [-0.15, -0.1) is 0 Å². The van der Waals surface area contributed by atoms with E-state index in [1.807, 2.05) is 30.8 Å². The number of likely N-dealkylation sites (tertiary alicyclic amines) is 1. The number of aromatic nitrogens is 2. The van der Waals surface area contributed by atoms with Crippen LogP contribution in [0, 0.1) is 0 Å². The third kappa shape index (κ3) is 4.56. The summed E-state index contributed by atoms with van der Waals surface area (Å²) < 4.78 is 24.9. The Morgan fingerprint density at radius 1 is 1.41 bits per heavy atom. The fourth-order valence-corrected chi connectivity index (χ4v) is 3.91. The molecule has 0 N–H and O–H groups in total. The summed E-state index contributed by atoms with van der Waals surface area (Å²) in [5, 5.41) is 4.40. The van der Waals surface area contributed by atoms with Crippen molar-refractivity contribution in [2.45, 2.75) is 51.6 Å². The first-order valence-corrected chi connectivity index (χ1v) is 9.83. The molecule has 1 aromatic heterocycles. The van der Waals surface area contributed by atoms with Crippen molar-refractivity contribution in [3.63, 3.8) is 0 Å². The highest BCUT2D eigenvalue weighted by molar-refractivity contribution is 7.90. The molecule has 0 radical (unpaired) electrons. The molecule has 0 bridgehead atoms. The highest BCUT2D eigenvalue weighted by atomic mass is 32.2. The van der Waals surface area contributed by atoms with Crippen LogP contribution in [0.15, 0.2) is 12.3 Å². The van der Waals surface area contributed by atoms with Crippen LogP contribution in [-0.4, -0.2) is 53.6 Å². The number of rotatable bonds is 5. The maximum Gasteiger partial charge on any atom is 0.228 e. The van der Waals surface area contributed by atoms with E-state index in [2.05, 4.69) is 5.10 Å². The van der Waals surface area contributed by atoms with Gasteiger partial charge in [-0.2, -0.15) is 5.10 Å². The number of nitrogens with zero attached hydrogens (tertiary/aromatic N) is 3. The summed E-state index contributed by atoms with van der Waals surface area (Å²) in [6.45, 7) is 4.71. The zero-order valence-corrected chi connectivity index (χ0v) is 14.3. The van der Waals surface area contributed by atoms with Gasteiger partial charge in [0.25, 0.3) is 0 Å². The summed E-state index contributed by atoms with van der Waals surface area (Å²) in [5.74, 6) is 0.0291. The maximum atomic E-state index is 12.5. The molecule has 2 heterocycles. The Morgan fingerprint density at radius 2 is 2.14 bits per heavy atom. The van der Waals surface area contributed by atoms with Gasteiger partial charge >= 0.3 is 0 Å². The Kier molecular flexibility index (Phi) is 5.26. The summed E-state index contributed by atoms with van der Waals surface area (Å²) in [4.78, 5) is 14.3. The number of carbonyl (C=O) groups excluding carboxylic acids is 1. The van der Waals surface area contributed by atoms with Crippen molar-refractivity contribution in [2.75, 3.05) is 18.6 Å². The Balaban J connectivity index is 2.05. The van der Waals surface area contributed by atoms with Gasteiger partial charge in [-0.1, -0.05) is 0 Å². The summed E-state index contributed by atoms with van der Waals surface area (Å²) in [5.41, 5.74) is 0.738. The lowest BCUT2D eigenvalue weighted by Crippen LogP contribution is -2.47. The number of amides is 1. The third-order valence-electron chi connectivity index (χ3n) is 3.97. The van der Waals surface area contributed by atoms with Gasteiger partial charge < -0.3 is 4.90 Å². The number of piperidine rings is 1. The van der Waals surface area contributed by atoms with Gasteiger partial charge in [-0.05, 0) is 39.2 Å². The van der Waals surface area contributed by atoms with Crippen LogP contribution in [0.1, 0.15) is 44.8 Å². The Labute approximate surface area is 132 Å². The van der Waals surface area contributed by atoms with E-state index >= 15 is 0 Å². The first kappa shape index (κ1) is 17.0. The van der Waals surface area contributed by atoms with Gasteiger partial charge in [0.2, 0.25) is 5.91 Å². The van der Waals surface area contributed by atoms with Gasteiger partial charge in [0.15, 0.2) is 0 Å². The average Bonchev–Trinajstić information content (AvgIpc) is 2.86. The fourth-order valence-electron chi connectivity index (χ4n) is 2.87. The second-order valence-corrected chi connectivity index (χ2v) is 8.57. The maximum absolute atomic E-state index is 12.5. The third-order valence-corrected chi connectivity index (χ3v) is 4.96. The molecule has 6 nitrogen and oxygen atoms in total. The molecule has 0 saturated carbocycles. The van der Waals surface area contributed by atoms with E-state index in [4.69, 9.17) is 0 Å². The molecular weight excluding hydrogens is 302 g/mol. The Hall–Kier alpha value is -1.37. The smallest absolute Gasteiger partial charge is 0.228 e. The quantitative estimate of drug-likeness (QED) is 0.820. The van der Waals surface area contributed by atoms with Gasteiger partial charge in [0.1, 0.15) is 9.84 Å². The molecule has 7 heteroatoms. The minimum Gasteiger partial charge on any atom is -0.338 e. The van der Waals surface area contributed by atoms with E-state index in [1.54, 1.807) is 4.90 Å². The molecule has 0 aliphatic carbocycles. The lowest BCUT2D eigenvalue weighted by atomic mass is 10.0. The zero-order valence-electron chi connectivity index (χ0n) is 13.5. The standard InChI is InChI=1S/C15H25N3O3S/c1-12(2)18-9-7-13(16-18)10-15(19)17-8-5-4-6-14(17)11-22(3,20)21/h7,9,12,14H,4-6,8,10-11H2,1-3H3. The van der Waals surface area contributed by atoms with Crippen LogP contribution < -0.4 is 0 Å². The average molecular weight is 327 g/mol. The summed E-state index contributed by atoms with van der Waals surface area (Å²) in [7, 11) is -3.08. The largest absolute Gasteiger partial charge is 0.338 e. The molecule has 124 valence electrons. The summed E-state index contributed by atoms with van der Waals surface area (Å²) in [6.07, 6.45) is 6.02. The molecule has 1 atom stereocenters. The van der Waals surface area contributed by atoms with E-state index < -0.39 is 9.84 Å². The second-order valence-electron chi connectivity index (χ2n) is 6.39. The minimum atomic E-state index is -3.08. The molecule has 1 fully saturated rings. The monoisotopic (exact) mass is 327 g/mol.